The first-order chi connectivity index (χ1) is 9.93. The van der Waals surface area contributed by atoms with E-state index in [2.05, 4.69) is 10.3 Å². The van der Waals surface area contributed by atoms with E-state index in [1.54, 1.807) is 31.1 Å². The summed E-state index contributed by atoms with van der Waals surface area (Å²) in [5.74, 6) is 0.549. The van der Waals surface area contributed by atoms with E-state index in [-0.39, 0.29) is 5.91 Å². The van der Waals surface area contributed by atoms with Crippen LogP contribution in [0.4, 0.5) is 5.82 Å². The van der Waals surface area contributed by atoms with Crippen molar-refractivity contribution in [2.24, 2.45) is 0 Å². The lowest BCUT2D eigenvalue weighted by molar-refractivity contribution is -0.0734. The van der Waals surface area contributed by atoms with Gasteiger partial charge >= 0.3 is 0 Å². The Balaban J connectivity index is 2.10. The molecule has 0 saturated carbocycles. The van der Waals surface area contributed by atoms with Gasteiger partial charge in [0.2, 0.25) is 0 Å². The van der Waals surface area contributed by atoms with Crippen LogP contribution < -0.4 is 5.32 Å². The van der Waals surface area contributed by atoms with Crippen molar-refractivity contribution in [2.45, 2.75) is 25.4 Å². The van der Waals surface area contributed by atoms with E-state index in [0.29, 0.717) is 44.0 Å². The summed E-state index contributed by atoms with van der Waals surface area (Å²) in [7, 11) is 3.48. The molecule has 1 amide bonds. The minimum atomic E-state index is -0.851. The molecule has 6 nitrogen and oxygen atoms in total. The van der Waals surface area contributed by atoms with E-state index in [9.17, 15) is 9.90 Å². The van der Waals surface area contributed by atoms with Crippen LogP contribution in [0.25, 0.3) is 0 Å². The number of anilines is 1. The monoisotopic (exact) mass is 293 g/mol. The summed E-state index contributed by atoms with van der Waals surface area (Å²) in [6.45, 7) is 3.24. The van der Waals surface area contributed by atoms with Gasteiger partial charge in [-0.25, -0.2) is 4.98 Å². The number of ether oxygens (including phenoxy) is 1. The molecule has 0 unspecified atom stereocenters. The van der Waals surface area contributed by atoms with Gasteiger partial charge in [-0.15, -0.1) is 0 Å². The number of hydrogen-bond acceptors (Lipinski definition) is 5. The van der Waals surface area contributed by atoms with Crippen molar-refractivity contribution in [3.8, 4) is 0 Å². The summed E-state index contributed by atoms with van der Waals surface area (Å²) in [5.41, 5.74) is 0.504. The number of pyridine rings is 1. The molecule has 1 aliphatic rings. The van der Waals surface area contributed by atoms with Crippen LogP contribution in [0.5, 0.6) is 0 Å². The summed E-state index contributed by atoms with van der Waals surface area (Å²) >= 11 is 0. The number of likely N-dealkylation sites (N-methyl/N-ethyl adjacent to an activating group) is 1. The summed E-state index contributed by atoms with van der Waals surface area (Å²) in [4.78, 5) is 18.4. The molecular weight excluding hydrogens is 270 g/mol. The molecule has 0 bridgehead atoms. The van der Waals surface area contributed by atoms with Crippen LogP contribution in [-0.4, -0.2) is 60.4 Å². The van der Waals surface area contributed by atoms with E-state index in [4.69, 9.17) is 4.74 Å². The molecule has 6 heteroatoms. The van der Waals surface area contributed by atoms with Gasteiger partial charge in [0.15, 0.2) is 0 Å². The highest BCUT2D eigenvalue weighted by Crippen LogP contribution is 2.22. The van der Waals surface area contributed by atoms with Gasteiger partial charge in [0.05, 0.1) is 5.60 Å². The highest BCUT2D eigenvalue weighted by atomic mass is 16.5. The molecule has 1 saturated heterocycles. The molecule has 0 aliphatic carbocycles. The predicted molar refractivity (Wildman–Crippen MR) is 80.5 cm³/mol. The number of hydrogen-bond donors (Lipinski definition) is 2. The lowest BCUT2D eigenvalue weighted by Crippen LogP contribution is -2.47. The second-order valence-electron chi connectivity index (χ2n) is 5.63. The number of carbonyl (C=O) groups is 1. The molecule has 2 heterocycles. The van der Waals surface area contributed by atoms with E-state index < -0.39 is 5.60 Å². The van der Waals surface area contributed by atoms with Gasteiger partial charge in [-0.3, -0.25) is 4.79 Å². The van der Waals surface area contributed by atoms with Crippen LogP contribution in [0.2, 0.25) is 0 Å². The summed E-state index contributed by atoms with van der Waals surface area (Å²) in [6.07, 6.45) is 1.11. The smallest absolute Gasteiger partial charge is 0.253 e. The summed E-state index contributed by atoms with van der Waals surface area (Å²) in [5, 5.41) is 13.4. The molecule has 1 aliphatic heterocycles. The van der Waals surface area contributed by atoms with Gasteiger partial charge in [-0.1, -0.05) is 0 Å². The van der Waals surface area contributed by atoms with Crippen molar-refractivity contribution >= 4 is 11.7 Å². The van der Waals surface area contributed by atoms with Crippen LogP contribution >= 0.6 is 0 Å². The topological polar surface area (TPSA) is 74.7 Å². The Bertz CT molecular complexity index is 513. The molecule has 0 aromatic carbocycles. The van der Waals surface area contributed by atoms with Crippen molar-refractivity contribution in [1.82, 2.24) is 9.88 Å². The number of aliphatic hydroxyl groups is 1. The van der Waals surface area contributed by atoms with Crippen molar-refractivity contribution in [3.63, 3.8) is 0 Å². The van der Waals surface area contributed by atoms with E-state index >= 15 is 0 Å². The maximum absolute atomic E-state index is 12.5. The largest absolute Gasteiger partial charge is 0.388 e. The number of rotatable bonds is 4. The second-order valence-corrected chi connectivity index (χ2v) is 5.63. The lowest BCUT2D eigenvalue weighted by atomic mass is 9.93. The fraction of sp³-hybridized carbons (Fsp3) is 0.600. The number of nitrogens with zero attached hydrogens (tertiary/aromatic N) is 2. The number of aryl methyl sites for hydroxylation is 1. The van der Waals surface area contributed by atoms with Crippen LogP contribution in [0, 0.1) is 6.92 Å². The van der Waals surface area contributed by atoms with Gasteiger partial charge in [0, 0.05) is 58.0 Å². The molecule has 0 atom stereocenters. The second kappa shape index (κ2) is 6.41. The molecule has 116 valence electrons. The fourth-order valence-electron chi connectivity index (χ4n) is 2.56. The first-order valence-corrected chi connectivity index (χ1v) is 7.15. The van der Waals surface area contributed by atoms with E-state index in [1.165, 1.54) is 0 Å². The fourth-order valence-corrected chi connectivity index (χ4v) is 2.56. The minimum Gasteiger partial charge on any atom is -0.388 e. The lowest BCUT2D eigenvalue weighted by Gasteiger charge is -2.35. The van der Waals surface area contributed by atoms with Crippen LogP contribution in [-0.2, 0) is 4.74 Å². The molecule has 1 aromatic heterocycles. The van der Waals surface area contributed by atoms with E-state index in [1.807, 2.05) is 6.92 Å². The first kappa shape index (κ1) is 15.7. The molecule has 0 spiro atoms. The molecule has 2 N–H and O–H groups in total. The Hall–Kier alpha value is -1.66. The average Bonchev–Trinajstić information content (AvgIpc) is 2.46. The standard InChI is InChI=1S/C15H23N3O3/c1-11-8-12(9-13(16-2)17-11)14(19)18(3)10-15(20)4-6-21-7-5-15/h8-9,20H,4-7,10H2,1-3H3,(H,16,17). The van der Waals surface area contributed by atoms with Crippen molar-refractivity contribution in [2.75, 3.05) is 39.2 Å². The van der Waals surface area contributed by atoms with Gasteiger partial charge < -0.3 is 20.1 Å². The van der Waals surface area contributed by atoms with Crippen LogP contribution in [0.15, 0.2) is 12.1 Å². The highest BCUT2D eigenvalue weighted by Gasteiger charge is 2.32. The zero-order chi connectivity index (χ0) is 15.5. The molecule has 0 radical (unpaired) electrons. The SMILES string of the molecule is CNc1cc(C(=O)N(C)CC2(O)CCOCC2)cc(C)n1. The molecular formula is C15H23N3O3. The maximum Gasteiger partial charge on any atom is 0.253 e. The highest BCUT2D eigenvalue weighted by molar-refractivity contribution is 5.94. The van der Waals surface area contributed by atoms with E-state index in [0.717, 1.165) is 5.69 Å². The third-order valence-corrected chi connectivity index (χ3v) is 3.76. The Kier molecular flexibility index (Phi) is 4.80. The Morgan fingerprint density at radius 3 is 2.76 bits per heavy atom. The Labute approximate surface area is 125 Å². The van der Waals surface area contributed by atoms with Gasteiger partial charge in [-0.05, 0) is 19.1 Å². The van der Waals surface area contributed by atoms with Crippen LogP contribution in [0.1, 0.15) is 28.9 Å². The molecule has 21 heavy (non-hydrogen) atoms. The first-order valence-electron chi connectivity index (χ1n) is 7.15. The maximum atomic E-state index is 12.5. The number of amides is 1. The zero-order valence-corrected chi connectivity index (χ0v) is 12.8. The summed E-state index contributed by atoms with van der Waals surface area (Å²) in [6, 6.07) is 3.48. The Morgan fingerprint density at radius 1 is 1.48 bits per heavy atom. The average molecular weight is 293 g/mol. The van der Waals surface area contributed by atoms with Crippen molar-refractivity contribution in [1.29, 1.82) is 0 Å². The molecule has 1 aromatic rings. The van der Waals surface area contributed by atoms with Crippen molar-refractivity contribution < 1.29 is 14.6 Å². The van der Waals surface area contributed by atoms with Gasteiger partial charge in [0.1, 0.15) is 5.82 Å². The predicted octanol–water partition coefficient (Wildman–Crippen LogP) is 1.05. The normalized spacial score (nSPS) is 17.3. The minimum absolute atomic E-state index is 0.114. The number of aromatic nitrogens is 1. The third kappa shape index (κ3) is 3.92. The molecule has 2 rings (SSSR count). The van der Waals surface area contributed by atoms with Crippen molar-refractivity contribution in [3.05, 3.63) is 23.4 Å². The zero-order valence-electron chi connectivity index (χ0n) is 12.8. The van der Waals surface area contributed by atoms with Gasteiger partial charge in [-0.2, -0.15) is 0 Å². The third-order valence-electron chi connectivity index (χ3n) is 3.76. The van der Waals surface area contributed by atoms with Crippen LogP contribution in [0.3, 0.4) is 0 Å². The Morgan fingerprint density at radius 2 is 2.14 bits per heavy atom. The van der Waals surface area contributed by atoms with Gasteiger partial charge in [0.25, 0.3) is 5.91 Å². The quantitative estimate of drug-likeness (QED) is 0.868. The number of carbonyl (C=O) groups excluding carboxylic acids is 1. The molecule has 1 fully saturated rings. The summed E-state index contributed by atoms with van der Waals surface area (Å²) < 4.78 is 5.26. The number of nitrogens with one attached hydrogen (secondary N) is 1.